The fraction of sp³-hybridized carbons (Fsp3) is 0.200. The number of halogens is 2. The van der Waals surface area contributed by atoms with Gasteiger partial charge < -0.3 is 0 Å². The summed E-state index contributed by atoms with van der Waals surface area (Å²) in [6, 6.07) is 16.0. The minimum absolute atomic E-state index is 0.488. The molecule has 0 radical (unpaired) electrons. The Morgan fingerprint density at radius 1 is 0.789 bits per heavy atom. The van der Waals surface area contributed by atoms with Crippen molar-refractivity contribution >= 4 is 46.7 Å². The van der Waals surface area contributed by atoms with Gasteiger partial charge in [-0.15, -0.1) is 23.5 Å². The Morgan fingerprint density at radius 3 is 1.47 bits per heavy atom. The van der Waals surface area contributed by atoms with Crippen molar-refractivity contribution in [1.82, 2.24) is 0 Å². The van der Waals surface area contributed by atoms with E-state index in [-0.39, 0.29) is 0 Å². The Balaban J connectivity index is 2.00. The zero-order valence-corrected chi connectivity index (χ0v) is 13.6. The minimum atomic E-state index is 0.488. The van der Waals surface area contributed by atoms with Crippen molar-refractivity contribution in [2.24, 2.45) is 0 Å². The summed E-state index contributed by atoms with van der Waals surface area (Å²) in [5.74, 6) is 0. The average molecular weight is 329 g/mol. The molecule has 0 heterocycles. The standard InChI is InChI=1S/C15H14Cl2S2/c1-2-15(18-13-7-3-11(16)4-8-13)19-14-9-5-12(17)6-10-14/h3-10,15H,2H2,1H3. The van der Waals surface area contributed by atoms with Gasteiger partial charge in [0.15, 0.2) is 0 Å². The third-order valence-corrected chi connectivity index (χ3v) is 5.86. The van der Waals surface area contributed by atoms with E-state index in [2.05, 4.69) is 31.2 Å². The maximum Gasteiger partial charge on any atom is 0.0594 e. The first kappa shape index (κ1) is 15.1. The Morgan fingerprint density at radius 2 is 1.16 bits per heavy atom. The predicted octanol–water partition coefficient (Wildman–Crippen LogP) is 6.61. The van der Waals surface area contributed by atoms with E-state index in [0.29, 0.717) is 4.58 Å². The normalized spacial score (nSPS) is 10.9. The fourth-order valence-corrected chi connectivity index (χ4v) is 4.16. The second-order valence-electron chi connectivity index (χ2n) is 3.98. The van der Waals surface area contributed by atoms with Crippen LogP contribution in [0.5, 0.6) is 0 Å². The van der Waals surface area contributed by atoms with Gasteiger partial charge >= 0.3 is 0 Å². The van der Waals surface area contributed by atoms with Gasteiger partial charge in [-0.3, -0.25) is 0 Å². The summed E-state index contributed by atoms with van der Waals surface area (Å²) in [7, 11) is 0. The van der Waals surface area contributed by atoms with Crippen LogP contribution < -0.4 is 0 Å². The Labute approximate surface area is 132 Å². The van der Waals surface area contributed by atoms with Crippen LogP contribution in [0.2, 0.25) is 10.0 Å². The van der Waals surface area contributed by atoms with E-state index in [4.69, 9.17) is 23.2 Å². The highest BCUT2D eigenvalue weighted by atomic mass is 35.5. The zero-order chi connectivity index (χ0) is 13.7. The van der Waals surface area contributed by atoms with Gasteiger partial charge in [0.1, 0.15) is 0 Å². The largest absolute Gasteiger partial charge is 0.111 e. The second-order valence-corrected chi connectivity index (χ2v) is 7.70. The predicted molar refractivity (Wildman–Crippen MR) is 88.7 cm³/mol. The van der Waals surface area contributed by atoms with Crippen LogP contribution in [-0.4, -0.2) is 4.58 Å². The quantitative estimate of drug-likeness (QED) is 0.447. The highest BCUT2D eigenvalue weighted by Gasteiger charge is 2.10. The van der Waals surface area contributed by atoms with E-state index < -0.39 is 0 Å². The van der Waals surface area contributed by atoms with Gasteiger partial charge in [-0.1, -0.05) is 30.1 Å². The van der Waals surface area contributed by atoms with Gasteiger partial charge in [-0.2, -0.15) is 0 Å². The number of hydrogen-bond donors (Lipinski definition) is 0. The lowest BCUT2D eigenvalue weighted by Gasteiger charge is -2.14. The molecular weight excluding hydrogens is 315 g/mol. The van der Waals surface area contributed by atoms with Crippen molar-refractivity contribution < 1.29 is 0 Å². The molecule has 0 amide bonds. The maximum atomic E-state index is 5.90. The molecule has 2 aromatic carbocycles. The van der Waals surface area contributed by atoms with Gasteiger partial charge in [-0.05, 0) is 55.0 Å². The van der Waals surface area contributed by atoms with E-state index in [9.17, 15) is 0 Å². The van der Waals surface area contributed by atoms with Crippen LogP contribution in [0, 0.1) is 0 Å². The number of rotatable bonds is 5. The molecule has 0 bridgehead atoms. The molecule has 19 heavy (non-hydrogen) atoms. The van der Waals surface area contributed by atoms with Gasteiger partial charge in [0.25, 0.3) is 0 Å². The molecular formula is C15H14Cl2S2. The third-order valence-electron chi connectivity index (χ3n) is 2.50. The summed E-state index contributed by atoms with van der Waals surface area (Å²) in [4.78, 5) is 2.50. The van der Waals surface area contributed by atoms with Gasteiger partial charge in [0.05, 0.1) is 4.58 Å². The molecule has 4 heteroatoms. The lowest BCUT2D eigenvalue weighted by molar-refractivity contribution is 1.05. The summed E-state index contributed by atoms with van der Waals surface area (Å²) in [6.45, 7) is 2.20. The Bertz CT molecular complexity index is 461. The molecule has 0 saturated carbocycles. The fourth-order valence-electron chi connectivity index (χ4n) is 1.52. The summed E-state index contributed by atoms with van der Waals surface area (Å²) in [6.07, 6.45) is 1.10. The highest BCUT2D eigenvalue weighted by Crippen LogP contribution is 2.37. The second kappa shape index (κ2) is 7.49. The molecule has 0 N–H and O–H groups in total. The van der Waals surface area contributed by atoms with Crippen molar-refractivity contribution in [3.05, 3.63) is 58.6 Å². The number of benzene rings is 2. The van der Waals surface area contributed by atoms with Gasteiger partial charge in [0.2, 0.25) is 0 Å². The number of hydrogen-bond acceptors (Lipinski definition) is 2. The molecule has 2 rings (SSSR count). The van der Waals surface area contributed by atoms with Gasteiger partial charge in [-0.25, -0.2) is 0 Å². The summed E-state index contributed by atoms with van der Waals surface area (Å²) in [5, 5.41) is 1.56. The smallest absolute Gasteiger partial charge is 0.0594 e. The van der Waals surface area contributed by atoms with E-state index >= 15 is 0 Å². The molecule has 0 nitrogen and oxygen atoms in total. The maximum absolute atomic E-state index is 5.90. The minimum Gasteiger partial charge on any atom is -0.111 e. The average Bonchev–Trinajstić information content (AvgIpc) is 2.43. The topological polar surface area (TPSA) is 0 Å². The molecule has 0 aliphatic heterocycles. The molecule has 2 aromatic rings. The Hall–Kier alpha value is -0.280. The van der Waals surface area contributed by atoms with Crippen LogP contribution in [0.4, 0.5) is 0 Å². The van der Waals surface area contributed by atoms with E-state index in [1.54, 1.807) is 0 Å². The van der Waals surface area contributed by atoms with Crippen molar-refractivity contribution in [1.29, 1.82) is 0 Å². The summed E-state index contributed by atoms with van der Waals surface area (Å²) >= 11 is 15.5. The van der Waals surface area contributed by atoms with Crippen molar-refractivity contribution in [2.75, 3.05) is 0 Å². The van der Waals surface area contributed by atoms with E-state index in [1.807, 2.05) is 47.8 Å². The van der Waals surface area contributed by atoms with Crippen LogP contribution in [0.25, 0.3) is 0 Å². The highest BCUT2D eigenvalue weighted by molar-refractivity contribution is 8.17. The monoisotopic (exact) mass is 328 g/mol. The van der Waals surface area contributed by atoms with Crippen LogP contribution in [0.15, 0.2) is 58.3 Å². The van der Waals surface area contributed by atoms with Crippen LogP contribution in [0.3, 0.4) is 0 Å². The molecule has 100 valence electrons. The first-order valence-corrected chi connectivity index (χ1v) is 8.53. The van der Waals surface area contributed by atoms with Crippen molar-refractivity contribution in [3.63, 3.8) is 0 Å². The SMILES string of the molecule is CCC(Sc1ccc(Cl)cc1)Sc1ccc(Cl)cc1. The van der Waals surface area contributed by atoms with Crippen LogP contribution >= 0.6 is 46.7 Å². The molecule has 0 atom stereocenters. The Kier molecular flexibility index (Phi) is 5.96. The molecule has 0 aliphatic rings. The van der Waals surface area contributed by atoms with Gasteiger partial charge in [0, 0.05) is 19.8 Å². The van der Waals surface area contributed by atoms with Crippen molar-refractivity contribution in [2.45, 2.75) is 27.7 Å². The van der Waals surface area contributed by atoms with Crippen molar-refractivity contribution in [3.8, 4) is 0 Å². The first-order valence-electron chi connectivity index (χ1n) is 6.02. The molecule has 0 unspecified atom stereocenters. The third kappa shape index (κ3) is 4.96. The van der Waals surface area contributed by atoms with E-state index in [1.165, 1.54) is 9.79 Å². The zero-order valence-electron chi connectivity index (χ0n) is 10.5. The number of thioether (sulfide) groups is 2. The first-order chi connectivity index (χ1) is 9.17. The van der Waals surface area contributed by atoms with Crippen LogP contribution in [0.1, 0.15) is 13.3 Å². The molecule has 0 fully saturated rings. The molecule has 0 aromatic heterocycles. The van der Waals surface area contributed by atoms with E-state index in [0.717, 1.165) is 16.5 Å². The lowest BCUT2D eigenvalue weighted by Crippen LogP contribution is -1.93. The molecule has 0 saturated heterocycles. The molecule has 0 spiro atoms. The lowest BCUT2D eigenvalue weighted by atomic mass is 10.4. The summed E-state index contributed by atoms with van der Waals surface area (Å²) < 4.78 is 0.488. The summed E-state index contributed by atoms with van der Waals surface area (Å²) in [5.41, 5.74) is 0. The molecule has 0 aliphatic carbocycles. The van der Waals surface area contributed by atoms with Crippen LogP contribution in [-0.2, 0) is 0 Å².